The summed E-state index contributed by atoms with van der Waals surface area (Å²) in [5.74, 6) is 0.428. The van der Waals surface area contributed by atoms with E-state index in [1.807, 2.05) is 12.1 Å². The second-order valence-electron chi connectivity index (χ2n) is 7.33. The Morgan fingerprint density at radius 2 is 2.10 bits per heavy atom. The second kappa shape index (κ2) is 9.04. The highest BCUT2D eigenvalue weighted by molar-refractivity contribution is 5.94. The van der Waals surface area contributed by atoms with Gasteiger partial charge in [-0.25, -0.2) is 0 Å². The number of anilines is 1. The zero-order valence-corrected chi connectivity index (χ0v) is 16.3. The SMILES string of the molecule is O=C1CCc2ccc(OCc3noc(C(=O)NCCN4CCCCC4)n3)cc2N1. The van der Waals surface area contributed by atoms with E-state index in [2.05, 4.69) is 25.7 Å². The second-order valence-corrected chi connectivity index (χ2v) is 7.33. The highest BCUT2D eigenvalue weighted by Gasteiger charge is 2.18. The van der Waals surface area contributed by atoms with Gasteiger partial charge in [-0.3, -0.25) is 9.59 Å². The van der Waals surface area contributed by atoms with E-state index in [0.717, 1.165) is 37.3 Å². The maximum absolute atomic E-state index is 12.2. The van der Waals surface area contributed by atoms with Crippen LogP contribution in [0.25, 0.3) is 0 Å². The minimum Gasteiger partial charge on any atom is -0.485 e. The quantitative estimate of drug-likeness (QED) is 0.730. The molecule has 4 rings (SSSR count). The van der Waals surface area contributed by atoms with Crippen molar-refractivity contribution >= 4 is 17.5 Å². The van der Waals surface area contributed by atoms with E-state index >= 15 is 0 Å². The fourth-order valence-corrected chi connectivity index (χ4v) is 3.58. The Balaban J connectivity index is 1.25. The smallest absolute Gasteiger partial charge is 0.316 e. The van der Waals surface area contributed by atoms with Crippen molar-refractivity contribution in [3.05, 3.63) is 35.5 Å². The van der Waals surface area contributed by atoms with Crippen LogP contribution in [0.4, 0.5) is 5.69 Å². The summed E-state index contributed by atoms with van der Waals surface area (Å²) in [5.41, 5.74) is 1.85. The number of rotatable bonds is 7. The molecule has 2 N–H and O–H groups in total. The minimum absolute atomic E-state index is 0.00348. The summed E-state index contributed by atoms with van der Waals surface area (Å²) in [5, 5.41) is 9.45. The standard InChI is InChI=1S/C20H25N5O4/c26-18-7-5-14-4-6-15(12-16(14)22-18)28-13-17-23-20(29-24-17)19(27)21-8-11-25-9-2-1-3-10-25/h4,6,12H,1-3,5,7-11,13H2,(H,21,27)(H,22,26). The molecular weight excluding hydrogens is 374 g/mol. The Bertz CT molecular complexity index is 876. The number of likely N-dealkylation sites (tertiary alicyclic amines) is 1. The van der Waals surface area contributed by atoms with Crippen molar-refractivity contribution in [2.24, 2.45) is 0 Å². The molecule has 3 heterocycles. The molecule has 1 aromatic heterocycles. The molecule has 0 atom stereocenters. The topological polar surface area (TPSA) is 110 Å². The van der Waals surface area contributed by atoms with Crippen molar-refractivity contribution in [1.82, 2.24) is 20.4 Å². The number of ether oxygens (including phenoxy) is 1. The first-order valence-electron chi connectivity index (χ1n) is 10.1. The lowest BCUT2D eigenvalue weighted by Crippen LogP contribution is -2.37. The molecule has 0 bridgehead atoms. The van der Waals surface area contributed by atoms with Crippen molar-refractivity contribution in [3.63, 3.8) is 0 Å². The van der Waals surface area contributed by atoms with Gasteiger partial charge in [0.2, 0.25) is 11.7 Å². The van der Waals surface area contributed by atoms with Crippen LogP contribution in [0.1, 0.15) is 47.8 Å². The summed E-state index contributed by atoms with van der Waals surface area (Å²) >= 11 is 0. The number of carbonyl (C=O) groups excluding carboxylic acids is 2. The van der Waals surface area contributed by atoms with E-state index in [0.29, 0.717) is 18.7 Å². The number of amides is 2. The van der Waals surface area contributed by atoms with E-state index in [9.17, 15) is 9.59 Å². The third-order valence-electron chi connectivity index (χ3n) is 5.17. The van der Waals surface area contributed by atoms with Crippen LogP contribution in [0.3, 0.4) is 0 Å². The zero-order chi connectivity index (χ0) is 20.1. The number of benzene rings is 1. The van der Waals surface area contributed by atoms with Crippen LogP contribution in [0.5, 0.6) is 5.75 Å². The highest BCUT2D eigenvalue weighted by atomic mass is 16.5. The van der Waals surface area contributed by atoms with Gasteiger partial charge in [0, 0.05) is 31.3 Å². The van der Waals surface area contributed by atoms with Gasteiger partial charge in [0.15, 0.2) is 6.61 Å². The molecular formula is C20H25N5O4. The van der Waals surface area contributed by atoms with Gasteiger partial charge < -0.3 is 24.8 Å². The molecule has 0 saturated carbocycles. The third-order valence-corrected chi connectivity index (χ3v) is 5.17. The van der Waals surface area contributed by atoms with Gasteiger partial charge in [-0.2, -0.15) is 4.98 Å². The van der Waals surface area contributed by atoms with Crippen LogP contribution in [0.2, 0.25) is 0 Å². The van der Waals surface area contributed by atoms with Crippen molar-refractivity contribution in [3.8, 4) is 5.75 Å². The Morgan fingerprint density at radius 1 is 1.24 bits per heavy atom. The van der Waals surface area contributed by atoms with Gasteiger partial charge in [-0.1, -0.05) is 17.6 Å². The maximum atomic E-state index is 12.2. The van der Waals surface area contributed by atoms with E-state index in [4.69, 9.17) is 9.26 Å². The van der Waals surface area contributed by atoms with Crippen molar-refractivity contribution in [2.45, 2.75) is 38.7 Å². The van der Waals surface area contributed by atoms with E-state index in [1.165, 1.54) is 19.3 Å². The predicted octanol–water partition coefficient (Wildman–Crippen LogP) is 1.75. The van der Waals surface area contributed by atoms with Crippen LogP contribution in [-0.2, 0) is 17.8 Å². The summed E-state index contributed by atoms with van der Waals surface area (Å²) in [4.78, 5) is 30.1. The first-order chi connectivity index (χ1) is 14.2. The number of piperidine rings is 1. The molecule has 29 heavy (non-hydrogen) atoms. The molecule has 1 saturated heterocycles. The summed E-state index contributed by atoms with van der Waals surface area (Å²) in [7, 11) is 0. The Hall–Kier alpha value is -2.94. The number of aromatic nitrogens is 2. The number of carbonyl (C=O) groups is 2. The monoisotopic (exact) mass is 399 g/mol. The van der Waals surface area contributed by atoms with Gasteiger partial charge in [0.05, 0.1) is 0 Å². The van der Waals surface area contributed by atoms with Gasteiger partial charge in [-0.15, -0.1) is 0 Å². The van der Waals surface area contributed by atoms with Gasteiger partial charge in [0.25, 0.3) is 0 Å². The molecule has 0 radical (unpaired) electrons. The number of fused-ring (bicyclic) bond motifs is 1. The van der Waals surface area contributed by atoms with Crippen LogP contribution in [0, 0.1) is 0 Å². The summed E-state index contributed by atoms with van der Waals surface area (Å²) in [6.07, 6.45) is 4.95. The molecule has 9 heteroatoms. The Kier molecular flexibility index (Phi) is 6.04. The Labute approximate surface area is 168 Å². The first kappa shape index (κ1) is 19.4. The van der Waals surface area contributed by atoms with Crippen molar-refractivity contribution in [1.29, 1.82) is 0 Å². The molecule has 2 aliphatic rings. The van der Waals surface area contributed by atoms with Crippen LogP contribution in [0.15, 0.2) is 22.7 Å². The fraction of sp³-hybridized carbons (Fsp3) is 0.500. The average molecular weight is 399 g/mol. The highest BCUT2D eigenvalue weighted by Crippen LogP contribution is 2.27. The lowest BCUT2D eigenvalue weighted by Gasteiger charge is -2.26. The minimum atomic E-state index is -0.378. The predicted molar refractivity (Wildman–Crippen MR) is 105 cm³/mol. The van der Waals surface area contributed by atoms with E-state index in [-0.39, 0.29) is 30.1 Å². The molecule has 2 aliphatic heterocycles. The zero-order valence-electron chi connectivity index (χ0n) is 16.3. The molecule has 0 spiro atoms. The first-order valence-corrected chi connectivity index (χ1v) is 10.1. The Morgan fingerprint density at radius 3 is 2.97 bits per heavy atom. The molecule has 2 aromatic rings. The molecule has 1 fully saturated rings. The number of aryl methyl sites for hydroxylation is 1. The fourth-order valence-electron chi connectivity index (χ4n) is 3.58. The molecule has 9 nitrogen and oxygen atoms in total. The number of nitrogens with one attached hydrogen (secondary N) is 2. The number of hydrogen-bond acceptors (Lipinski definition) is 7. The maximum Gasteiger partial charge on any atom is 0.316 e. The number of nitrogens with zero attached hydrogens (tertiary/aromatic N) is 3. The summed E-state index contributed by atoms with van der Waals surface area (Å²) in [6, 6.07) is 5.55. The average Bonchev–Trinajstić information content (AvgIpc) is 3.22. The normalized spacial score (nSPS) is 16.8. The third kappa shape index (κ3) is 5.11. The largest absolute Gasteiger partial charge is 0.485 e. The van der Waals surface area contributed by atoms with E-state index in [1.54, 1.807) is 6.07 Å². The molecule has 1 aromatic carbocycles. The van der Waals surface area contributed by atoms with Gasteiger partial charge in [0.1, 0.15) is 5.75 Å². The molecule has 0 unspecified atom stereocenters. The van der Waals surface area contributed by atoms with Crippen molar-refractivity contribution < 1.29 is 18.8 Å². The van der Waals surface area contributed by atoms with Crippen LogP contribution in [-0.4, -0.2) is 53.0 Å². The van der Waals surface area contributed by atoms with E-state index < -0.39 is 0 Å². The summed E-state index contributed by atoms with van der Waals surface area (Å²) in [6.45, 7) is 3.62. The number of hydrogen-bond donors (Lipinski definition) is 2. The van der Waals surface area contributed by atoms with Gasteiger partial charge in [-0.05, 0) is 44.0 Å². The van der Waals surface area contributed by atoms with Crippen LogP contribution < -0.4 is 15.4 Å². The summed E-state index contributed by atoms with van der Waals surface area (Å²) < 4.78 is 10.7. The van der Waals surface area contributed by atoms with Crippen LogP contribution >= 0.6 is 0 Å². The van der Waals surface area contributed by atoms with Gasteiger partial charge >= 0.3 is 11.8 Å². The van der Waals surface area contributed by atoms with Crippen molar-refractivity contribution in [2.75, 3.05) is 31.5 Å². The molecule has 0 aliphatic carbocycles. The lowest BCUT2D eigenvalue weighted by atomic mass is 10.0. The molecule has 154 valence electrons. The lowest BCUT2D eigenvalue weighted by molar-refractivity contribution is -0.116. The molecule has 2 amide bonds.